The van der Waals surface area contributed by atoms with Gasteiger partial charge in [-0.05, 0) is 13.3 Å². The van der Waals surface area contributed by atoms with Crippen molar-refractivity contribution >= 4 is 16.8 Å². The summed E-state index contributed by atoms with van der Waals surface area (Å²) >= 11 is 5.54. The van der Waals surface area contributed by atoms with Crippen LogP contribution in [0.5, 0.6) is 0 Å². The molecule has 0 saturated heterocycles. The standard InChI is InChI=1S/C6H10ClN.C2H2/c1-3-5-8-6(7)4-2;1-2/h3,5H,4H2,1-2H3;1-2H/b5-3-,8-6?;. The fraction of sp³-hybridized carbons (Fsp3) is 0.375. The molecule has 2 heteroatoms. The molecule has 0 amide bonds. The Kier molecular flexibility index (Phi) is 13.3. The maximum Gasteiger partial charge on any atom is 0.105 e. The van der Waals surface area contributed by atoms with Gasteiger partial charge in [-0.25, -0.2) is 4.99 Å². The third-order valence-electron chi connectivity index (χ3n) is 0.655. The summed E-state index contributed by atoms with van der Waals surface area (Å²) in [5, 5.41) is 0.656. The Labute approximate surface area is 67.8 Å². The van der Waals surface area contributed by atoms with E-state index in [-0.39, 0.29) is 0 Å². The fourth-order valence-corrected chi connectivity index (χ4v) is 0.303. The van der Waals surface area contributed by atoms with Crippen LogP contribution in [0.4, 0.5) is 0 Å². The summed E-state index contributed by atoms with van der Waals surface area (Å²) in [6, 6.07) is 0. The summed E-state index contributed by atoms with van der Waals surface area (Å²) in [6.07, 6.45) is 12.3. The molecule has 0 radical (unpaired) electrons. The maximum absolute atomic E-state index is 5.54. The first-order valence-corrected chi connectivity index (χ1v) is 3.35. The fourth-order valence-electron chi connectivity index (χ4n) is 0.247. The van der Waals surface area contributed by atoms with Crippen LogP contribution in [0.1, 0.15) is 20.3 Å². The van der Waals surface area contributed by atoms with Crippen molar-refractivity contribution in [2.45, 2.75) is 20.3 Å². The third-order valence-corrected chi connectivity index (χ3v) is 1.02. The second-order valence-electron chi connectivity index (χ2n) is 1.34. The summed E-state index contributed by atoms with van der Waals surface area (Å²) in [6.45, 7) is 3.87. The van der Waals surface area contributed by atoms with Gasteiger partial charge in [0.25, 0.3) is 0 Å². The Balaban J connectivity index is 0. The first-order chi connectivity index (χ1) is 4.81. The van der Waals surface area contributed by atoms with Gasteiger partial charge in [-0.15, -0.1) is 12.8 Å². The minimum atomic E-state index is 0.656. The van der Waals surface area contributed by atoms with Crippen molar-refractivity contribution in [1.82, 2.24) is 0 Å². The number of hydrogen-bond donors (Lipinski definition) is 0. The van der Waals surface area contributed by atoms with Crippen LogP contribution in [0.25, 0.3) is 0 Å². The molecule has 56 valence electrons. The van der Waals surface area contributed by atoms with Gasteiger partial charge in [-0.3, -0.25) is 0 Å². The Morgan fingerprint density at radius 2 is 2.10 bits per heavy atom. The first-order valence-electron chi connectivity index (χ1n) is 2.98. The lowest BCUT2D eigenvalue weighted by Gasteiger charge is -1.83. The number of halogens is 1. The molecular weight excluding hydrogens is 146 g/mol. The first kappa shape index (κ1) is 12.0. The van der Waals surface area contributed by atoms with Crippen molar-refractivity contribution in [2.24, 2.45) is 4.99 Å². The monoisotopic (exact) mass is 157 g/mol. The molecule has 0 fully saturated rings. The lowest BCUT2D eigenvalue weighted by Crippen LogP contribution is -1.77. The quantitative estimate of drug-likeness (QED) is 0.432. The Hall–Kier alpha value is -0.740. The van der Waals surface area contributed by atoms with Gasteiger partial charge in [0.15, 0.2) is 0 Å². The molecular formula is C8H12ClN. The Morgan fingerprint density at radius 1 is 1.60 bits per heavy atom. The SMILES string of the molecule is C#C.C/C=C\N=C(Cl)CC. The van der Waals surface area contributed by atoms with Gasteiger partial charge >= 0.3 is 0 Å². The van der Waals surface area contributed by atoms with E-state index >= 15 is 0 Å². The van der Waals surface area contributed by atoms with Gasteiger partial charge in [0, 0.05) is 6.20 Å². The zero-order valence-corrected chi connectivity index (χ0v) is 7.10. The van der Waals surface area contributed by atoms with Crippen molar-refractivity contribution in [3.8, 4) is 12.8 Å². The second-order valence-corrected chi connectivity index (χ2v) is 1.78. The number of hydrogen-bond acceptors (Lipinski definition) is 1. The lowest BCUT2D eigenvalue weighted by molar-refractivity contribution is 1.30. The van der Waals surface area contributed by atoms with Crippen LogP contribution in [0, 0.1) is 12.8 Å². The normalized spacial score (nSPS) is 10.7. The largest absolute Gasteiger partial charge is 0.249 e. The highest BCUT2D eigenvalue weighted by molar-refractivity contribution is 6.65. The van der Waals surface area contributed by atoms with Crippen molar-refractivity contribution in [3.05, 3.63) is 12.3 Å². The molecule has 10 heavy (non-hydrogen) atoms. The molecule has 0 heterocycles. The van der Waals surface area contributed by atoms with Crippen molar-refractivity contribution in [3.63, 3.8) is 0 Å². The van der Waals surface area contributed by atoms with Crippen LogP contribution < -0.4 is 0 Å². The topological polar surface area (TPSA) is 12.4 Å². The van der Waals surface area contributed by atoms with Crippen LogP contribution in [-0.2, 0) is 0 Å². The van der Waals surface area contributed by atoms with E-state index in [1.807, 2.05) is 19.9 Å². The van der Waals surface area contributed by atoms with E-state index in [1.165, 1.54) is 0 Å². The van der Waals surface area contributed by atoms with Crippen molar-refractivity contribution in [1.29, 1.82) is 0 Å². The molecule has 0 aromatic carbocycles. The molecule has 0 rings (SSSR count). The van der Waals surface area contributed by atoms with Crippen LogP contribution in [0.2, 0.25) is 0 Å². The summed E-state index contributed by atoms with van der Waals surface area (Å²) in [7, 11) is 0. The van der Waals surface area contributed by atoms with Gasteiger partial charge in [0.2, 0.25) is 0 Å². The van der Waals surface area contributed by atoms with Gasteiger partial charge in [0.05, 0.1) is 0 Å². The highest BCUT2D eigenvalue weighted by Gasteiger charge is 1.81. The molecule has 0 aliphatic carbocycles. The summed E-state index contributed by atoms with van der Waals surface area (Å²) < 4.78 is 0. The zero-order chi connectivity index (χ0) is 8.41. The van der Waals surface area contributed by atoms with Crippen molar-refractivity contribution < 1.29 is 0 Å². The minimum absolute atomic E-state index is 0.656. The summed E-state index contributed by atoms with van der Waals surface area (Å²) in [5.74, 6) is 0. The maximum atomic E-state index is 5.54. The minimum Gasteiger partial charge on any atom is -0.249 e. The molecule has 0 spiro atoms. The molecule has 1 nitrogen and oxygen atoms in total. The molecule has 0 unspecified atom stereocenters. The predicted molar refractivity (Wildman–Crippen MR) is 48.3 cm³/mol. The van der Waals surface area contributed by atoms with Crippen LogP contribution in [0.15, 0.2) is 17.3 Å². The number of aliphatic imine (C=N–C) groups is 1. The highest BCUT2D eigenvalue weighted by Crippen LogP contribution is 1.91. The molecule has 0 N–H and O–H groups in total. The van der Waals surface area contributed by atoms with Gasteiger partial charge in [0.1, 0.15) is 5.17 Å². The second kappa shape index (κ2) is 11.1. The molecule has 0 aliphatic heterocycles. The zero-order valence-electron chi connectivity index (χ0n) is 6.34. The Bertz CT molecular complexity index is 133. The van der Waals surface area contributed by atoms with Gasteiger partial charge < -0.3 is 0 Å². The molecule has 0 atom stereocenters. The van der Waals surface area contributed by atoms with E-state index in [4.69, 9.17) is 11.6 Å². The van der Waals surface area contributed by atoms with Crippen LogP contribution >= 0.6 is 11.6 Å². The molecule has 0 saturated carbocycles. The van der Waals surface area contributed by atoms with E-state index in [9.17, 15) is 0 Å². The molecule has 0 aliphatic rings. The van der Waals surface area contributed by atoms with Crippen LogP contribution in [0.3, 0.4) is 0 Å². The summed E-state index contributed by atoms with van der Waals surface area (Å²) in [4.78, 5) is 3.86. The van der Waals surface area contributed by atoms with E-state index in [2.05, 4.69) is 17.8 Å². The van der Waals surface area contributed by atoms with Crippen molar-refractivity contribution in [2.75, 3.05) is 0 Å². The smallest absolute Gasteiger partial charge is 0.105 e. The summed E-state index contributed by atoms with van der Waals surface area (Å²) in [5.41, 5.74) is 0. The predicted octanol–water partition coefficient (Wildman–Crippen LogP) is 2.82. The lowest BCUT2D eigenvalue weighted by atomic mass is 10.5. The average molecular weight is 158 g/mol. The number of allylic oxidation sites excluding steroid dienone is 1. The Morgan fingerprint density at radius 3 is 2.40 bits per heavy atom. The van der Waals surface area contributed by atoms with Gasteiger partial charge in [-0.1, -0.05) is 24.6 Å². The average Bonchev–Trinajstić information content (AvgIpc) is 2.04. The molecule has 0 bridgehead atoms. The van der Waals surface area contributed by atoms with E-state index in [1.54, 1.807) is 6.20 Å². The van der Waals surface area contributed by atoms with Gasteiger partial charge in [-0.2, -0.15) is 0 Å². The van der Waals surface area contributed by atoms with E-state index in [0.717, 1.165) is 6.42 Å². The number of nitrogens with zero attached hydrogens (tertiary/aromatic N) is 1. The molecule has 0 aromatic heterocycles. The molecule has 0 aromatic rings. The van der Waals surface area contributed by atoms with E-state index < -0.39 is 0 Å². The van der Waals surface area contributed by atoms with Crippen LogP contribution in [-0.4, -0.2) is 5.17 Å². The number of terminal acetylenes is 1. The highest BCUT2D eigenvalue weighted by atomic mass is 35.5. The third kappa shape index (κ3) is 10.3. The van der Waals surface area contributed by atoms with E-state index in [0.29, 0.717) is 5.17 Å². The number of rotatable bonds is 2.